The monoisotopic (exact) mass is 304 g/mol. The highest BCUT2D eigenvalue weighted by Gasteiger charge is 2.44. The average Bonchev–Trinajstić information content (AvgIpc) is 2.95. The van der Waals surface area contributed by atoms with Crippen molar-refractivity contribution in [3.8, 4) is 0 Å². The predicted octanol–water partition coefficient (Wildman–Crippen LogP) is 1.65. The van der Waals surface area contributed by atoms with Crippen molar-refractivity contribution in [3.63, 3.8) is 0 Å². The van der Waals surface area contributed by atoms with E-state index in [0.29, 0.717) is 18.8 Å². The number of hydrogen-bond acceptors (Lipinski definition) is 2. The molecule has 2 atom stereocenters. The van der Waals surface area contributed by atoms with Gasteiger partial charge in [-0.15, -0.1) is 0 Å². The van der Waals surface area contributed by atoms with Gasteiger partial charge in [0, 0.05) is 24.8 Å². The molecular formula is C16H24N4O2. The van der Waals surface area contributed by atoms with Crippen LogP contribution < -0.4 is 5.32 Å². The van der Waals surface area contributed by atoms with E-state index in [-0.39, 0.29) is 30.1 Å². The van der Waals surface area contributed by atoms with E-state index < -0.39 is 0 Å². The molecule has 0 spiro atoms. The molecular weight excluding hydrogens is 280 g/mol. The molecule has 0 saturated carbocycles. The minimum Gasteiger partial charge on any atom is -0.354 e. The number of nitrogens with zero attached hydrogens (tertiary/aromatic N) is 2. The molecule has 1 aromatic rings. The lowest BCUT2D eigenvalue weighted by molar-refractivity contribution is 0.0639. The summed E-state index contributed by atoms with van der Waals surface area (Å²) < 4.78 is 0. The van der Waals surface area contributed by atoms with Crippen LogP contribution in [0.1, 0.15) is 42.0 Å². The zero-order chi connectivity index (χ0) is 16.0. The predicted molar refractivity (Wildman–Crippen MR) is 83.9 cm³/mol. The molecule has 3 amide bonds. The number of likely N-dealkylation sites (tertiary alicyclic amines) is 1. The van der Waals surface area contributed by atoms with E-state index in [4.69, 9.17) is 0 Å². The van der Waals surface area contributed by atoms with Crippen molar-refractivity contribution < 1.29 is 9.59 Å². The van der Waals surface area contributed by atoms with Gasteiger partial charge in [-0.2, -0.15) is 0 Å². The normalized spacial score (nSPS) is 24.7. The van der Waals surface area contributed by atoms with Crippen LogP contribution in [-0.4, -0.2) is 57.9 Å². The van der Waals surface area contributed by atoms with Gasteiger partial charge in [0.25, 0.3) is 5.91 Å². The van der Waals surface area contributed by atoms with E-state index in [1.807, 2.05) is 43.6 Å². The van der Waals surface area contributed by atoms with Gasteiger partial charge in [0.05, 0.1) is 12.1 Å². The number of urea groups is 1. The summed E-state index contributed by atoms with van der Waals surface area (Å²) in [7, 11) is 0. The number of hydrogen-bond donors (Lipinski definition) is 2. The van der Waals surface area contributed by atoms with E-state index in [2.05, 4.69) is 10.3 Å². The lowest BCUT2D eigenvalue weighted by Crippen LogP contribution is -2.53. The van der Waals surface area contributed by atoms with E-state index in [0.717, 1.165) is 17.7 Å². The minimum atomic E-state index is -0.00815. The molecule has 6 heteroatoms. The molecule has 0 aromatic carbocycles. The van der Waals surface area contributed by atoms with Crippen molar-refractivity contribution in [2.24, 2.45) is 0 Å². The summed E-state index contributed by atoms with van der Waals surface area (Å²) in [6, 6.07) is 2.39. The Morgan fingerprint density at radius 2 is 2.09 bits per heavy atom. The third kappa shape index (κ3) is 2.36. The molecule has 6 nitrogen and oxygen atoms in total. The quantitative estimate of drug-likeness (QED) is 0.872. The molecule has 120 valence electrons. The fourth-order valence-corrected chi connectivity index (χ4v) is 3.71. The van der Waals surface area contributed by atoms with Crippen LogP contribution in [0.4, 0.5) is 4.79 Å². The standard InChI is InChI=1S/C16H24N4O2/c1-9(2)20-13-5-6-19(8-12(13)18-16(20)22)15(21)14-10(3)7-11(4)17-14/h7,9,12-13,17H,5-6,8H2,1-4H3,(H,18,22)/t12-,13+/m1/s1. The summed E-state index contributed by atoms with van der Waals surface area (Å²) in [5.74, 6) is 0.0290. The van der Waals surface area contributed by atoms with Gasteiger partial charge in [0.1, 0.15) is 5.69 Å². The Labute approximate surface area is 130 Å². The smallest absolute Gasteiger partial charge is 0.318 e. The number of nitrogens with one attached hydrogen (secondary N) is 2. The Morgan fingerprint density at radius 1 is 1.36 bits per heavy atom. The topological polar surface area (TPSA) is 68.4 Å². The van der Waals surface area contributed by atoms with Crippen LogP contribution in [0, 0.1) is 13.8 Å². The van der Waals surface area contributed by atoms with Crippen molar-refractivity contribution in [1.82, 2.24) is 20.1 Å². The second-order valence-corrected chi connectivity index (χ2v) is 6.67. The van der Waals surface area contributed by atoms with Crippen molar-refractivity contribution in [3.05, 3.63) is 23.0 Å². The number of amides is 3. The Kier molecular flexibility index (Phi) is 3.62. The van der Waals surface area contributed by atoms with E-state index >= 15 is 0 Å². The van der Waals surface area contributed by atoms with Crippen molar-refractivity contribution >= 4 is 11.9 Å². The van der Waals surface area contributed by atoms with Gasteiger partial charge in [-0.1, -0.05) is 0 Å². The lowest BCUT2D eigenvalue weighted by Gasteiger charge is -2.37. The van der Waals surface area contributed by atoms with Gasteiger partial charge in [-0.3, -0.25) is 4.79 Å². The molecule has 22 heavy (non-hydrogen) atoms. The highest BCUT2D eigenvalue weighted by Crippen LogP contribution is 2.26. The molecule has 2 aliphatic heterocycles. The summed E-state index contributed by atoms with van der Waals surface area (Å²) in [5.41, 5.74) is 2.64. The van der Waals surface area contributed by atoms with Crippen LogP contribution >= 0.6 is 0 Å². The lowest BCUT2D eigenvalue weighted by atomic mass is 9.98. The fourth-order valence-electron chi connectivity index (χ4n) is 3.71. The number of carbonyl (C=O) groups excluding carboxylic acids is 2. The first-order valence-corrected chi connectivity index (χ1v) is 7.92. The van der Waals surface area contributed by atoms with Crippen LogP contribution in [0.2, 0.25) is 0 Å². The molecule has 2 fully saturated rings. The first-order chi connectivity index (χ1) is 10.4. The molecule has 0 bridgehead atoms. The first kappa shape index (κ1) is 14.9. The maximum absolute atomic E-state index is 12.7. The van der Waals surface area contributed by atoms with Gasteiger partial charge >= 0.3 is 6.03 Å². The van der Waals surface area contributed by atoms with Gasteiger partial charge in [0.2, 0.25) is 0 Å². The van der Waals surface area contributed by atoms with Crippen molar-refractivity contribution in [2.75, 3.05) is 13.1 Å². The number of piperidine rings is 1. The van der Waals surface area contributed by atoms with Gasteiger partial charge in [-0.05, 0) is 45.7 Å². The summed E-state index contributed by atoms with van der Waals surface area (Å²) in [6.45, 7) is 9.23. The van der Waals surface area contributed by atoms with Crippen LogP contribution in [0.25, 0.3) is 0 Å². The second-order valence-electron chi connectivity index (χ2n) is 6.67. The van der Waals surface area contributed by atoms with Crippen LogP contribution in [0.3, 0.4) is 0 Å². The summed E-state index contributed by atoms with van der Waals surface area (Å²) in [5, 5.41) is 3.03. The largest absolute Gasteiger partial charge is 0.354 e. The first-order valence-electron chi connectivity index (χ1n) is 7.92. The number of aromatic nitrogens is 1. The summed E-state index contributed by atoms with van der Waals surface area (Å²) in [4.78, 5) is 31.7. The maximum atomic E-state index is 12.7. The van der Waals surface area contributed by atoms with Gasteiger partial charge in [-0.25, -0.2) is 4.79 Å². The molecule has 0 radical (unpaired) electrons. The molecule has 0 aliphatic carbocycles. The Hall–Kier alpha value is -1.98. The van der Waals surface area contributed by atoms with Crippen molar-refractivity contribution in [1.29, 1.82) is 0 Å². The number of fused-ring (bicyclic) bond motifs is 1. The van der Waals surface area contributed by atoms with Gasteiger partial charge in [0.15, 0.2) is 0 Å². The van der Waals surface area contributed by atoms with Crippen LogP contribution in [0.15, 0.2) is 6.07 Å². The SMILES string of the molecule is Cc1cc(C)c(C(=O)N2CC[C@H]3[C@@H](C2)NC(=O)N3C(C)C)[nH]1. The molecule has 3 rings (SSSR count). The van der Waals surface area contributed by atoms with E-state index in [1.54, 1.807) is 0 Å². The number of H-pyrrole nitrogens is 1. The minimum absolute atomic E-state index is 0.00815. The second kappa shape index (κ2) is 5.34. The molecule has 0 unspecified atom stereocenters. The Bertz CT molecular complexity index is 607. The molecule has 2 saturated heterocycles. The number of aromatic amines is 1. The summed E-state index contributed by atoms with van der Waals surface area (Å²) >= 11 is 0. The van der Waals surface area contributed by atoms with Crippen molar-refractivity contribution in [2.45, 2.75) is 52.2 Å². The number of aryl methyl sites for hydroxylation is 2. The van der Waals surface area contributed by atoms with E-state index in [1.165, 1.54) is 0 Å². The maximum Gasteiger partial charge on any atom is 0.318 e. The zero-order valence-electron chi connectivity index (χ0n) is 13.6. The highest BCUT2D eigenvalue weighted by atomic mass is 16.2. The zero-order valence-corrected chi connectivity index (χ0v) is 13.6. The summed E-state index contributed by atoms with van der Waals surface area (Å²) in [6.07, 6.45) is 0.825. The Balaban J connectivity index is 1.74. The van der Waals surface area contributed by atoms with E-state index in [9.17, 15) is 9.59 Å². The molecule has 2 aliphatic rings. The number of rotatable bonds is 2. The highest BCUT2D eigenvalue weighted by molar-refractivity contribution is 5.94. The average molecular weight is 304 g/mol. The molecule has 3 heterocycles. The molecule has 2 N–H and O–H groups in total. The van der Waals surface area contributed by atoms with Crippen LogP contribution in [0.5, 0.6) is 0 Å². The molecule has 1 aromatic heterocycles. The number of carbonyl (C=O) groups is 2. The fraction of sp³-hybridized carbons (Fsp3) is 0.625. The van der Waals surface area contributed by atoms with Crippen LogP contribution in [-0.2, 0) is 0 Å². The third-order valence-electron chi connectivity index (χ3n) is 4.68. The third-order valence-corrected chi connectivity index (χ3v) is 4.68. The Morgan fingerprint density at radius 3 is 2.68 bits per heavy atom. The van der Waals surface area contributed by atoms with Gasteiger partial charge < -0.3 is 20.1 Å².